The van der Waals surface area contributed by atoms with Crippen LogP contribution in [0, 0.1) is 5.82 Å². The number of hydrogen-bond donors (Lipinski definition) is 1. The van der Waals surface area contributed by atoms with Gasteiger partial charge in [-0.3, -0.25) is 0 Å². The second kappa shape index (κ2) is 6.64. The van der Waals surface area contributed by atoms with Crippen LogP contribution in [0.5, 0.6) is 5.75 Å². The van der Waals surface area contributed by atoms with Gasteiger partial charge in [-0.15, -0.1) is 12.4 Å². The monoisotopic (exact) mass is 233 g/mol. The molecule has 0 saturated heterocycles. The molecule has 0 bridgehead atoms. The summed E-state index contributed by atoms with van der Waals surface area (Å²) in [5.74, 6) is 0.247. The molecule has 0 aliphatic rings. The van der Waals surface area contributed by atoms with Gasteiger partial charge in [0.25, 0.3) is 0 Å². The zero-order valence-corrected chi connectivity index (χ0v) is 9.81. The molecular weight excluding hydrogens is 217 g/mol. The molecule has 0 fully saturated rings. The minimum absolute atomic E-state index is 0. The summed E-state index contributed by atoms with van der Waals surface area (Å²) in [6.45, 7) is 2.02. The van der Waals surface area contributed by atoms with Crippen molar-refractivity contribution < 1.29 is 9.13 Å². The highest BCUT2D eigenvalue weighted by molar-refractivity contribution is 5.85. The van der Waals surface area contributed by atoms with E-state index < -0.39 is 0 Å². The van der Waals surface area contributed by atoms with Crippen molar-refractivity contribution in [3.63, 3.8) is 0 Å². The Labute approximate surface area is 96.0 Å². The Hall–Kier alpha value is -0.800. The van der Waals surface area contributed by atoms with Crippen LogP contribution < -0.4 is 10.5 Å². The van der Waals surface area contributed by atoms with Gasteiger partial charge in [-0.2, -0.15) is 0 Å². The molecule has 0 amide bonds. The highest BCUT2D eigenvalue weighted by Crippen LogP contribution is 2.28. The van der Waals surface area contributed by atoms with E-state index in [9.17, 15) is 4.39 Å². The van der Waals surface area contributed by atoms with Gasteiger partial charge in [0.15, 0.2) is 0 Å². The summed E-state index contributed by atoms with van der Waals surface area (Å²) >= 11 is 0. The normalized spacial score (nSPS) is 11.7. The van der Waals surface area contributed by atoms with Crippen molar-refractivity contribution in [3.05, 3.63) is 29.6 Å². The number of nitrogens with two attached hydrogens (primary N) is 1. The van der Waals surface area contributed by atoms with Gasteiger partial charge in [-0.1, -0.05) is 19.4 Å². The third-order valence-electron chi connectivity index (χ3n) is 2.20. The summed E-state index contributed by atoms with van der Waals surface area (Å²) in [5.41, 5.74) is 6.35. The second-order valence-electron chi connectivity index (χ2n) is 3.25. The average molecular weight is 234 g/mol. The van der Waals surface area contributed by atoms with E-state index in [0.29, 0.717) is 11.3 Å². The number of methoxy groups -OCH3 is 1. The third kappa shape index (κ3) is 3.36. The maximum atomic E-state index is 13.5. The molecular formula is C11H17ClFNO. The number of halogens is 2. The second-order valence-corrected chi connectivity index (χ2v) is 3.25. The first kappa shape index (κ1) is 14.2. The van der Waals surface area contributed by atoms with Crippen molar-refractivity contribution in [2.24, 2.45) is 5.73 Å². The fourth-order valence-corrected chi connectivity index (χ4v) is 1.51. The third-order valence-corrected chi connectivity index (χ3v) is 2.20. The Balaban J connectivity index is 0.00000196. The van der Waals surface area contributed by atoms with Gasteiger partial charge in [0.2, 0.25) is 0 Å². The molecule has 0 unspecified atom stereocenters. The Morgan fingerprint density at radius 3 is 2.67 bits per heavy atom. The minimum Gasteiger partial charge on any atom is -0.496 e. The zero-order chi connectivity index (χ0) is 10.6. The lowest BCUT2D eigenvalue weighted by Crippen LogP contribution is -2.13. The van der Waals surface area contributed by atoms with Gasteiger partial charge < -0.3 is 10.5 Å². The summed E-state index contributed by atoms with van der Waals surface area (Å²) < 4.78 is 18.5. The van der Waals surface area contributed by atoms with Crippen molar-refractivity contribution in [2.45, 2.75) is 25.8 Å². The van der Waals surface area contributed by atoms with Crippen molar-refractivity contribution in [1.29, 1.82) is 0 Å². The van der Waals surface area contributed by atoms with Gasteiger partial charge in [0.1, 0.15) is 11.6 Å². The minimum atomic E-state index is -0.287. The molecule has 4 heteroatoms. The van der Waals surface area contributed by atoms with Crippen LogP contribution in [0.25, 0.3) is 0 Å². The molecule has 2 nitrogen and oxygen atoms in total. The summed E-state index contributed by atoms with van der Waals surface area (Å²) in [6, 6.07) is 4.48. The smallest absolute Gasteiger partial charge is 0.131 e. The van der Waals surface area contributed by atoms with Crippen LogP contribution in [0.2, 0.25) is 0 Å². The van der Waals surface area contributed by atoms with E-state index in [1.165, 1.54) is 13.2 Å². The predicted molar refractivity (Wildman–Crippen MR) is 62.0 cm³/mol. The average Bonchev–Trinajstić information content (AvgIpc) is 2.17. The quantitative estimate of drug-likeness (QED) is 0.868. The fourth-order valence-electron chi connectivity index (χ4n) is 1.51. The van der Waals surface area contributed by atoms with Gasteiger partial charge in [0.05, 0.1) is 7.11 Å². The molecule has 0 radical (unpaired) electrons. The highest BCUT2D eigenvalue weighted by Gasteiger charge is 2.15. The first-order valence-electron chi connectivity index (χ1n) is 4.78. The van der Waals surface area contributed by atoms with Crippen LogP contribution >= 0.6 is 12.4 Å². The van der Waals surface area contributed by atoms with Gasteiger partial charge >= 0.3 is 0 Å². The molecule has 0 aliphatic heterocycles. The standard InChI is InChI=1S/C11H16FNO.ClH/c1-3-5-9(13)11-8(12)6-4-7-10(11)14-2;/h4,6-7,9H,3,5,13H2,1-2H3;1H/t9-;/m0./s1. The Kier molecular flexibility index (Phi) is 6.29. The Morgan fingerprint density at radius 1 is 1.47 bits per heavy atom. The first-order valence-corrected chi connectivity index (χ1v) is 4.78. The number of ether oxygens (including phenoxy) is 1. The maximum absolute atomic E-state index is 13.5. The number of hydrogen-bond acceptors (Lipinski definition) is 2. The van der Waals surface area contributed by atoms with Gasteiger partial charge in [-0.25, -0.2) is 4.39 Å². The number of benzene rings is 1. The molecule has 1 aromatic carbocycles. The van der Waals surface area contributed by atoms with Crippen LogP contribution in [0.3, 0.4) is 0 Å². The molecule has 1 atom stereocenters. The molecule has 0 aliphatic carbocycles. The van der Waals surface area contributed by atoms with Crippen LogP contribution in [-0.2, 0) is 0 Å². The molecule has 0 saturated carbocycles. The van der Waals surface area contributed by atoms with Gasteiger partial charge in [-0.05, 0) is 18.6 Å². The highest BCUT2D eigenvalue weighted by atomic mass is 35.5. The summed E-state index contributed by atoms with van der Waals surface area (Å²) in [5, 5.41) is 0. The van der Waals surface area contributed by atoms with Crippen LogP contribution in [0.4, 0.5) is 4.39 Å². The largest absolute Gasteiger partial charge is 0.496 e. The lowest BCUT2D eigenvalue weighted by Gasteiger charge is -2.15. The first-order chi connectivity index (χ1) is 6.70. The summed E-state index contributed by atoms with van der Waals surface area (Å²) in [6.07, 6.45) is 1.69. The van der Waals surface area contributed by atoms with Crippen LogP contribution in [0.1, 0.15) is 31.4 Å². The summed E-state index contributed by atoms with van der Waals surface area (Å²) in [4.78, 5) is 0. The molecule has 1 rings (SSSR count). The van der Waals surface area contributed by atoms with Crippen molar-refractivity contribution in [3.8, 4) is 5.75 Å². The molecule has 0 aromatic heterocycles. The van der Waals surface area contributed by atoms with E-state index >= 15 is 0 Å². The van der Waals surface area contributed by atoms with Crippen molar-refractivity contribution in [2.75, 3.05) is 7.11 Å². The topological polar surface area (TPSA) is 35.2 Å². The lowest BCUT2D eigenvalue weighted by molar-refractivity contribution is 0.397. The van der Waals surface area contributed by atoms with Crippen molar-refractivity contribution >= 4 is 12.4 Å². The van der Waals surface area contributed by atoms with Crippen LogP contribution in [0.15, 0.2) is 18.2 Å². The zero-order valence-electron chi connectivity index (χ0n) is 9.00. The SMILES string of the molecule is CCC[C@H](N)c1c(F)cccc1OC.Cl. The predicted octanol–water partition coefficient (Wildman–Crippen LogP) is 3.06. The molecule has 2 N–H and O–H groups in total. The van der Waals surface area contributed by atoms with E-state index in [2.05, 4.69) is 0 Å². The van der Waals surface area contributed by atoms with Crippen molar-refractivity contribution in [1.82, 2.24) is 0 Å². The van der Waals surface area contributed by atoms with E-state index in [1.807, 2.05) is 6.92 Å². The molecule has 86 valence electrons. The molecule has 0 heterocycles. The Bertz CT molecular complexity index is 307. The molecule has 15 heavy (non-hydrogen) atoms. The Morgan fingerprint density at radius 2 is 2.13 bits per heavy atom. The maximum Gasteiger partial charge on any atom is 0.131 e. The molecule has 0 spiro atoms. The van der Waals surface area contributed by atoms with Gasteiger partial charge in [0, 0.05) is 11.6 Å². The lowest BCUT2D eigenvalue weighted by atomic mass is 10.0. The van der Waals surface area contributed by atoms with E-state index in [1.54, 1.807) is 12.1 Å². The summed E-state index contributed by atoms with van der Waals surface area (Å²) in [7, 11) is 1.52. The molecule has 1 aromatic rings. The van der Waals surface area contributed by atoms with E-state index in [0.717, 1.165) is 12.8 Å². The van der Waals surface area contributed by atoms with E-state index in [-0.39, 0.29) is 24.3 Å². The van der Waals surface area contributed by atoms with E-state index in [4.69, 9.17) is 10.5 Å². The van der Waals surface area contributed by atoms with Crippen LogP contribution in [-0.4, -0.2) is 7.11 Å². The number of rotatable bonds is 4. The fraction of sp³-hybridized carbons (Fsp3) is 0.455.